The lowest BCUT2D eigenvalue weighted by Crippen LogP contribution is -2.45. The van der Waals surface area contributed by atoms with Gasteiger partial charge in [0.15, 0.2) is 5.76 Å². The molecular formula is C30H37N3O4. The number of carbonyl (C=O) groups is 2. The number of benzene rings is 2. The molecule has 0 fully saturated rings. The molecule has 1 unspecified atom stereocenters. The normalized spacial score (nSPS) is 15.4. The lowest BCUT2D eigenvalue weighted by Gasteiger charge is -2.41. The van der Waals surface area contributed by atoms with Gasteiger partial charge in [-0.1, -0.05) is 57.2 Å². The molecule has 2 amide bonds. The Kier molecular flexibility index (Phi) is 8.03. The van der Waals surface area contributed by atoms with Crippen LogP contribution in [0.15, 0.2) is 65.1 Å². The predicted molar refractivity (Wildman–Crippen MR) is 144 cm³/mol. The Balaban J connectivity index is 1.52. The molecule has 7 heteroatoms. The number of nitrogens with zero attached hydrogens (tertiary/aromatic N) is 2. The first-order valence-corrected chi connectivity index (χ1v) is 12.8. The predicted octanol–water partition coefficient (Wildman–Crippen LogP) is 4.67. The third-order valence-electron chi connectivity index (χ3n) is 6.47. The summed E-state index contributed by atoms with van der Waals surface area (Å²) in [5.74, 6) is 1.42. The summed E-state index contributed by atoms with van der Waals surface area (Å²) in [4.78, 5) is 29.7. The number of likely N-dealkylation sites (N-methyl/N-ethyl adjacent to an activating group) is 1. The molecule has 0 saturated heterocycles. The molecule has 37 heavy (non-hydrogen) atoms. The van der Waals surface area contributed by atoms with Gasteiger partial charge in [0.05, 0.1) is 6.04 Å². The van der Waals surface area contributed by atoms with Crippen molar-refractivity contribution < 1.29 is 18.7 Å². The van der Waals surface area contributed by atoms with Crippen LogP contribution in [0.3, 0.4) is 0 Å². The maximum absolute atomic E-state index is 13.4. The van der Waals surface area contributed by atoms with E-state index in [4.69, 9.17) is 9.15 Å². The van der Waals surface area contributed by atoms with Gasteiger partial charge in [-0.05, 0) is 61.5 Å². The van der Waals surface area contributed by atoms with Crippen molar-refractivity contribution in [2.24, 2.45) is 5.41 Å². The fourth-order valence-electron chi connectivity index (χ4n) is 4.54. The van der Waals surface area contributed by atoms with Crippen LogP contribution in [-0.4, -0.2) is 55.3 Å². The van der Waals surface area contributed by atoms with E-state index in [2.05, 4.69) is 23.5 Å². The van der Waals surface area contributed by atoms with Crippen molar-refractivity contribution in [3.63, 3.8) is 0 Å². The highest BCUT2D eigenvalue weighted by molar-refractivity contribution is 5.91. The van der Waals surface area contributed by atoms with Crippen LogP contribution in [0.5, 0.6) is 5.75 Å². The van der Waals surface area contributed by atoms with Crippen LogP contribution in [-0.2, 0) is 17.8 Å². The van der Waals surface area contributed by atoms with Gasteiger partial charge in [-0.3, -0.25) is 9.59 Å². The summed E-state index contributed by atoms with van der Waals surface area (Å²) < 4.78 is 11.8. The van der Waals surface area contributed by atoms with Crippen molar-refractivity contribution >= 4 is 11.8 Å². The zero-order valence-corrected chi connectivity index (χ0v) is 22.4. The van der Waals surface area contributed by atoms with Crippen LogP contribution in [0.2, 0.25) is 0 Å². The number of nitrogens with one attached hydrogen (secondary N) is 1. The zero-order valence-electron chi connectivity index (χ0n) is 22.4. The van der Waals surface area contributed by atoms with Gasteiger partial charge < -0.3 is 24.3 Å². The van der Waals surface area contributed by atoms with Gasteiger partial charge in [-0.25, -0.2) is 0 Å². The first-order valence-electron chi connectivity index (χ1n) is 12.8. The number of hydrogen-bond donors (Lipinski definition) is 1. The number of carbonyl (C=O) groups excluding carboxylic acids is 2. The summed E-state index contributed by atoms with van der Waals surface area (Å²) in [7, 11) is 3.91. The van der Waals surface area contributed by atoms with Gasteiger partial charge in [0.1, 0.15) is 18.1 Å². The second-order valence-corrected chi connectivity index (χ2v) is 10.8. The number of hydrogen-bond acceptors (Lipinski definition) is 5. The number of rotatable bonds is 8. The van der Waals surface area contributed by atoms with Crippen molar-refractivity contribution in [1.82, 2.24) is 15.1 Å². The number of amides is 2. The standard InChI is InChI=1S/C30H37N3O4/c1-30(2,3)29(35)33-17-15-21-11-12-23(19-25(21)27(33)22-9-7-6-8-10-22)36-20-24-13-14-26(37-24)28(34)31-16-18-32(4)5/h6-14,19,27H,15-18,20H2,1-5H3,(H,31,34). The lowest BCUT2D eigenvalue weighted by molar-refractivity contribution is -0.141. The monoisotopic (exact) mass is 503 g/mol. The van der Waals surface area contributed by atoms with Gasteiger partial charge >= 0.3 is 0 Å². The molecule has 0 bridgehead atoms. The van der Waals surface area contributed by atoms with E-state index in [1.165, 1.54) is 5.56 Å². The molecular weight excluding hydrogens is 466 g/mol. The molecule has 3 aromatic rings. The Morgan fingerprint density at radius 3 is 2.54 bits per heavy atom. The van der Waals surface area contributed by atoms with Crippen LogP contribution in [0, 0.1) is 5.41 Å². The Labute approximate surface area is 219 Å². The fraction of sp³-hybridized carbons (Fsp3) is 0.400. The van der Waals surface area contributed by atoms with Crippen LogP contribution < -0.4 is 10.1 Å². The average Bonchev–Trinajstić information content (AvgIpc) is 3.35. The van der Waals surface area contributed by atoms with E-state index < -0.39 is 5.41 Å². The molecule has 0 radical (unpaired) electrons. The first-order chi connectivity index (χ1) is 17.6. The molecule has 2 heterocycles. The van der Waals surface area contributed by atoms with E-state index in [1.54, 1.807) is 12.1 Å². The summed E-state index contributed by atoms with van der Waals surface area (Å²) in [6.07, 6.45) is 0.797. The Morgan fingerprint density at radius 2 is 1.84 bits per heavy atom. The van der Waals surface area contributed by atoms with Crippen LogP contribution >= 0.6 is 0 Å². The van der Waals surface area contributed by atoms with E-state index in [1.807, 2.05) is 75.0 Å². The topological polar surface area (TPSA) is 75.0 Å². The van der Waals surface area contributed by atoms with Gasteiger partial charge in [0, 0.05) is 25.0 Å². The molecule has 1 N–H and O–H groups in total. The van der Waals surface area contributed by atoms with Crippen molar-refractivity contribution in [2.75, 3.05) is 33.7 Å². The van der Waals surface area contributed by atoms with Crippen molar-refractivity contribution in [2.45, 2.75) is 39.8 Å². The molecule has 0 spiro atoms. The maximum atomic E-state index is 13.4. The van der Waals surface area contributed by atoms with E-state index in [0.717, 1.165) is 24.1 Å². The molecule has 0 aliphatic carbocycles. The molecule has 2 aromatic carbocycles. The molecule has 196 valence electrons. The molecule has 1 atom stereocenters. The van der Waals surface area contributed by atoms with Gasteiger partial charge in [0.25, 0.3) is 5.91 Å². The number of furan rings is 1. The first kappa shape index (κ1) is 26.5. The molecule has 1 aromatic heterocycles. The van der Waals surface area contributed by atoms with Gasteiger partial charge in [-0.15, -0.1) is 0 Å². The summed E-state index contributed by atoms with van der Waals surface area (Å²) in [5, 5.41) is 2.85. The smallest absolute Gasteiger partial charge is 0.287 e. The highest BCUT2D eigenvalue weighted by Crippen LogP contribution is 2.39. The third-order valence-corrected chi connectivity index (χ3v) is 6.47. The highest BCUT2D eigenvalue weighted by Gasteiger charge is 2.37. The Morgan fingerprint density at radius 1 is 1.08 bits per heavy atom. The minimum atomic E-state index is -0.478. The minimum Gasteiger partial charge on any atom is -0.486 e. The van der Waals surface area contributed by atoms with Crippen LogP contribution in [0.4, 0.5) is 0 Å². The van der Waals surface area contributed by atoms with Gasteiger partial charge in [-0.2, -0.15) is 0 Å². The van der Waals surface area contributed by atoms with Crippen molar-refractivity contribution in [3.8, 4) is 5.75 Å². The summed E-state index contributed by atoms with van der Waals surface area (Å²) >= 11 is 0. The number of fused-ring (bicyclic) bond motifs is 1. The molecule has 1 aliphatic heterocycles. The molecule has 1 aliphatic rings. The van der Waals surface area contributed by atoms with Crippen LogP contribution in [0.25, 0.3) is 0 Å². The highest BCUT2D eigenvalue weighted by atomic mass is 16.5. The second-order valence-electron chi connectivity index (χ2n) is 10.8. The van der Waals surface area contributed by atoms with E-state index in [0.29, 0.717) is 24.6 Å². The quantitative estimate of drug-likeness (QED) is 0.484. The molecule has 7 nitrogen and oxygen atoms in total. The Hall–Kier alpha value is -3.58. The van der Waals surface area contributed by atoms with E-state index in [9.17, 15) is 9.59 Å². The van der Waals surface area contributed by atoms with Gasteiger partial charge in [0.2, 0.25) is 5.91 Å². The zero-order chi connectivity index (χ0) is 26.6. The summed E-state index contributed by atoms with van der Waals surface area (Å²) in [6.45, 7) is 8.07. The average molecular weight is 504 g/mol. The van der Waals surface area contributed by atoms with E-state index >= 15 is 0 Å². The summed E-state index contributed by atoms with van der Waals surface area (Å²) in [6, 6.07) is 19.5. The fourth-order valence-corrected chi connectivity index (χ4v) is 4.54. The van der Waals surface area contributed by atoms with Crippen molar-refractivity contribution in [1.29, 1.82) is 0 Å². The minimum absolute atomic E-state index is 0.130. The van der Waals surface area contributed by atoms with Crippen LogP contribution in [0.1, 0.15) is 59.8 Å². The lowest BCUT2D eigenvalue weighted by atomic mass is 9.85. The van der Waals surface area contributed by atoms with Crippen molar-refractivity contribution in [3.05, 3.63) is 88.9 Å². The van der Waals surface area contributed by atoms with E-state index in [-0.39, 0.29) is 30.2 Å². The second kappa shape index (κ2) is 11.2. The number of ether oxygens (including phenoxy) is 1. The molecule has 0 saturated carbocycles. The summed E-state index contributed by atoms with van der Waals surface area (Å²) in [5.41, 5.74) is 2.89. The SMILES string of the molecule is CN(C)CCNC(=O)c1ccc(COc2ccc3c(c2)C(c2ccccc2)N(C(=O)C(C)(C)C)CC3)o1. The maximum Gasteiger partial charge on any atom is 0.287 e. The third kappa shape index (κ3) is 6.41. The largest absolute Gasteiger partial charge is 0.486 e. The molecule has 4 rings (SSSR count). The Bertz CT molecular complexity index is 1230.